The maximum atomic E-state index is 13.9. The summed E-state index contributed by atoms with van der Waals surface area (Å²) in [5, 5.41) is 4.77. The molecule has 0 atom stereocenters. The summed E-state index contributed by atoms with van der Waals surface area (Å²) in [6.07, 6.45) is 10.7. The van der Waals surface area contributed by atoms with E-state index in [0.29, 0.717) is 5.92 Å². The summed E-state index contributed by atoms with van der Waals surface area (Å²) in [6.45, 7) is 0. The van der Waals surface area contributed by atoms with Crippen LogP contribution in [0.1, 0.15) is 67.1 Å². The monoisotopic (exact) mass is 455 g/mol. The smallest absolute Gasteiger partial charge is 0.234 e. The number of aryl methyl sites for hydroxylation is 2. The first-order chi connectivity index (χ1) is 15.2. The standard InChI is InChI=1S/C24H26FN3OS2/c25-17-11-5-6-12-18(17)26-20(29)14-30-23-21-16-10-4-7-13-19(16)31-24(21)28-22(27-23)15-8-2-1-3-9-15/h5-6,11-12,15H,1-4,7-10,13-14H2,(H,26,29). The summed E-state index contributed by atoms with van der Waals surface area (Å²) in [6, 6.07) is 6.26. The van der Waals surface area contributed by atoms with E-state index in [-0.39, 0.29) is 17.3 Å². The van der Waals surface area contributed by atoms with Crippen molar-refractivity contribution in [3.8, 4) is 0 Å². The van der Waals surface area contributed by atoms with Crippen molar-refractivity contribution in [3.63, 3.8) is 0 Å². The highest BCUT2D eigenvalue weighted by Crippen LogP contribution is 2.41. The Morgan fingerprint density at radius 3 is 2.74 bits per heavy atom. The summed E-state index contributed by atoms with van der Waals surface area (Å²) in [5.74, 6) is 0.934. The van der Waals surface area contributed by atoms with Crippen molar-refractivity contribution in [2.75, 3.05) is 11.1 Å². The van der Waals surface area contributed by atoms with Crippen LogP contribution in [0.4, 0.5) is 10.1 Å². The first-order valence-electron chi connectivity index (χ1n) is 11.2. The molecule has 1 fully saturated rings. The minimum absolute atomic E-state index is 0.204. The number of carbonyl (C=O) groups excluding carboxylic acids is 1. The topological polar surface area (TPSA) is 54.9 Å². The van der Waals surface area contributed by atoms with Crippen LogP contribution in [0.5, 0.6) is 0 Å². The number of nitrogens with one attached hydrogen (secondary N) is 1. The Balaban J connectivity index is 1.43. The predicted octanol–water partition coefficient (Wildman–Crippen LogP) is 6.49. The molecule has 1 aromatic carbocycles. The molecule has 2 aromatic heterocycles. The molecule has 0 unspecified atom stereocenters. The van der Waals surface area contributed by atoms with Gasteiger partial charge in [0.1, 0.15) is 21.5 Å². The number of aromatic nitrogens is 2. The summed E-state index contributed by atoms with van der Waals surface area (Å²) in [7, 11) is 0. The van der Waals surface area contributed by atoms with Crippen molar-refractivity contribution in [1.29, 1.82) is 0 Å². The highest BCUT2D eigenvalue weighted by Gasteiger charge is 2.25. The van der Waals surface area contributed by atoms with Crippen LogP contribution in [-0.4, -0.2) is 21.6 Å². The van der Waals surface area contributed by atoms with Gasteiger partial charge in [-0.15, -0.1) is 11.3 Å². The first-order valence-corrected chi connectivity index (χ1v) is 13.0. The van der Waals surface area contributed by atoms with Gasteiger partial charge >= 0.3 is 0 Å². The molecule has 31 heavy (non-hydrogen) atoms. The molecule has 0 bridgehead atoms. The lowest BCUT2D eigenvalue weighted by molar-refractivity contribution is -0.113. The van der Waals surface area contributed by atoms with Gasteiger partial charge in [-0.3, -0.25) is 4.79 Å². The van der Waals surface area contributed by atoms with E-state index >= 15 is 0 Å². The fourth-order valence-corrected chi connectivity index (χ4v) is 6.87. The lowest BCUT2D eigenvalue weighted by Gasteiger charge is -2.21. The number of thiophene rings is 1. The molecule has 1 amide bonds. The van der Waals surface area contributed by atoms with E-state index in [1.807, 2.05) is 11.3 Å². The van der Waals surface area contributed by atoms with E-state index in [1.165, 1.54) is 60.4 Å². The molecule has 162 valence electrons. The molecular weight excluding hydrogens is 429 g/mol. The number of fused-ring (bicyclic) bond motifs is 3. The van der Waals surface area contributed by atoms with E-state index in [4.69, 9.17) is 9.97 Å². The van der Waals surface area contributed by atoms with Crippen LogP contribution >= 0.6 is 23.1 Å². The van der Waals surface area contributed by atoms with Gasteiger partial charge < -0.3 is 5.32 Å². The van der Waals surface area contributed by atoms with Crippen LogP contribution in [0.15, 0.2) is 29.3 Å². The number of thioether (sulfide) groups is 1. The van der Waals surface area contributed by atoms with Crippen molar-refractivity contribution in [2.45, 2.75) is 68.7 Å². The Labute approximate surface area is 190 Å². The van der Waals surface area contributed by atoms with E-state index in [2.05, 4.69) is 5.32 Å². The predicted molar refractivity (Wildman–Crippen MR) is 126 cm³/mol. The van der Waals surface area contributed by atoms with E-state index < -0.39 is 5.82 Å². The Morgan fingerprint density at radius 2 is 1.90 bits per heavy atom. The summed E-state index contributed by atoms with van der Waals surface area (Å²) >= 11 is 3.28. The van der Waals surface area contributed by atoms with Gasteiger partial charge in [-0.05, 0) is 56.2 Å². The molecule has 5 rings (SSSR count). The van der Waals surface area contributed by atoms with Crippen molar-refractivity contribution < 1.29 is 9.18 Å². The fourth-order valence-electron chi connectivity index (χ4n) is 4.67. The number of rotatable bonds is 5. The molecule has 2 heterocycles. The Hall–Kier alpha value is -1.99. The van der Waals surface area contributed by atoms with Gasteiger partial charge in [0.25, 0.3) is 0 Å². The Morgan fingerprint density at radius 1 is 1.10 bits per heavy atom. The van der Waals surface area contributed by atoms with E-state index in [9.17, 15) is 9.18 Å². The van der Waals surface area contributed by atoms with Gasteiger partial charge in [-0.2, -0.15) is 0 Å². The molecule has 2 aliphatic rings. The minimum atomic E-state index is -0.420. The number of carbonyl (C=O) groups is 1. The third-order valence-electron chi connectivity index (χ3n) is 6.26. The second-order valence-electron chi connectivity index (χ2n) is 8.43. The Kier molecular flexibility index (Phi) is 6.23. The molecule has 1 saturated carbocycles. The fraction of sp³-hybridized carbons (Fsp3) is 0.458. The molecule has 3 aromatic rings. The zero-order valence-electron chi connectivity index (χ0n) is 17.5. The summed E-state index contributed by atoms with van der Waals surface area (Å²) in [4.78, 5) is 25.1. The van der Waals surface area contributed by atoms with Gasteiger partial charge in [-0.25, -0.2) is 14.4 Å². The molecule has 7 heteroatoms. The number of para-hydroxylation sites is 1. The maximum absolute atomic E-state index is 13.9. The average Bonchev–Trinajstić information content (AvgIpc) is 3.18. The largest absolute Gasteiger partial charge is 0.323 e. The van der Waals surface area contributed by atoms with Gasteiger partial charge in [0.2, 0.25) is 5.91 Å². The van der Waals surface area contributed by atoms with E-state index in [0.717, 1.165) is 46.8 Å². The SMILES string of the molecule is O=C(CSc1nc(C2CCCCC2)nc2sc3c(c12)CCCC3)Nc1ccccc1F. The highest BCUT2D eigenvalue weighted by atomic mass is 32.2. The van der Waals surface area contributed by atoms with Crippen molar-refractivity contribution in [3.05, 3.63) is 46.3 Å². The summed E-state index contributed by atoms with van der Waals surface area (Å²) in [5.41, 5.74) is 1.61. The van der Waals surface area contributed by atoms with Crippen molar-refractivity contribution in [1.82, 2.24) is 9.97 Å². The summed E-state index contributed by atoms with van der Waals surface area (Å²) < 4.78 is 13.9. The lowest BCUT2D eigenvalue weighted by atomic mass is 9.88. The van der Waals surface area contributed by atoms with E-state index in [1.54, 1.807) is 18.2 Å². The molecule has 1 N–H and O–H groups in total. The second-order valence-corrected chi connectivity index (χ2v) is 10.5. The van der Waals surface area contributed by atoms with Crippen LogP contribution in [0.3, 0.4) is 0 Å². The molecular formula is C24H26FN3OS2. The first kappa shape index (κ1) is 20.9. The Bertz CT molecular complexity index is 1110. The molecule has 0 radical (unpaired) electrons. The normalized spacial score (nSPS) is 16.9. The van der Waals surface area contributed by atoms with Gasteiger partial charge in [0, 0.05) is 16.2 Å². The quantitative estimate of drug-likeness (QED) is 0.353. The van der Waals surface area contributed by atoms with Gasteiger partial charge in [0.05, 0.1) is 11.4 Å². The zero-order chi connectivity index (χ0) is 21.2. The number of benzene rings is 1. The third kappa shape index (κ3) is 4.48. The molecule has 4 nitrogen and oxygen atoms in total. The van der Waals surface area contributed by atoms with Gasteiger partial charge in [-0.1, -0.05) is 43.2 Å². The number of anilines is 1. The third-order valence-corrected chi connectivity index (χ3v) is 8.42. The number of halogens is 1. The second kappa shape index (κ2) is 9.25. The number of hydrogen-bond donors (Lipinski definition) is 1. The molecule has 0 spiro atoms. The van der Waals surface area contributed by atoms with Crippen LogP contribution in [0.25, 0.3) is 10.2 Å². The van der Waals surface area contributed by atoms with Crippen molar-refractivity contribution in [2.24, 2.45) is 0 Å². The van der Waals surface area contributed by atoms with Crippen LogP contribution in [0.2, 0.25) is 0 Å². The molecule has 0 saturated heterocycles. The number of amides is 1. The van der Waals surface area contributed by atoms with Gasteiger partial charge in [0.15, 0.2) is 0 Å². The van der Waals surface area contributed by atoms with Crippen molar-refractivity contribution >= 4 is 44.9 Å². The van der Waals surface area contributed by atoms with Crippen LogP contribution in [0, 0.1) is 5.82 Å². The van der Waals surface area contributed by atoms with Crippen LogP contribution < -0.4 is 5.32 Å². The zero-order valence-corrected chi connectivity index (χ0v) is 19.1. The van der Waals surface area contributed by atoms with Crippen LogP contribution in [-0.2, 0) is 17.6 Å². The lowest BCUT2D eigenvalue weighted by Crippen LogP contribution is -2.15. The number of hydrogen-bond acceptors (Lipinski definition) is 5. The maximum Gasteiger partial charge on any atom is 0.234 e. The number of nitrogens with zero attached hydrogens (tertiary/aromatic N) is 2. The average molecular weight is 456 g/mol. The molecule has 0 aliphatic heterocycles. The highest BCUT2D eigenvalue weighted by molar-refractivity contribution is 8.00. The molecule has 2 aliphatic carbocycles. The minimum Gasteiger partial charge on any atom is -0.323 e.